The second-order valence-electron chi connectivity index (χ2n) is 7.00. The zero-order valence-corrected chi connectivity index (χ0v) is 15.2. The predicted octanol–water partition coefficient (Wildman–Crippen LogP) is 3.05. The minimum Gasteiger partial charge on any atom is -0.347 e. The van der Waals surface area contributed by atoms with Gasteiger partial charge in [0.1, 0.15) is 5.82 Å². The summed E-state index contributed by atoms with van der Waals surface area (Å²) in [5, 5.41) is 0. The molecule has 0 N–H and O–H groups in total. The molecule has 2 aromatic heterocycles. The van der Waals surface area contributed by atoms with Gasteiger partial charge in [-0.25, -0.2) is 15.0 Å². The van der Waals surface area contributed by atoms with E-state index in [0.29, 0.717) is 12.1 Å². The van der Waals surface area contributed by atoms with Crippen molar-refractivity contribution >= 4 is 5.95 Å². The first-order chi connectivity index (χ1) is 11.6. The fraction of sp³-hybridized carbons (Fsp3) is 0.611. The highest BCUT2D eigenvalue weighted by atomic mass is 15.2. The van der Waals surface area contributed by atoms with E-state index >= 15 is 0 Å². The summed E-state index contributed by atoms with van der Waals surface area (Å²) < 4.78 is 2.26. The fourth-order valence-electron chi connectivity index (χ4n) is 3.40. The van der Waals surface area contributed by atoms with E-state index in [-0.39, 0.29) is 0 Å². The van der Waals surface area contributed by atoms with Crippen LogP contribution in [0.5, 0.6) is 0 Å². The number of likely N-dealkylation sites (tertiary alicyclic amines) is 1. The Balaban J connectivity index is 1.83. The number of hydrogen-bond donors (Lipinski definition) is 0. The van der Waals surface area contributed by atoms with Crippen molar-refractivity contribution in [3.05, 3.63) is 36.2 Å². The Morgan fingerprint density at radius 1 is 1.21 bits per heavy atom. The SMILES string of the molecule is CC(C)n1ccnc1CN1CCCC[C@@H]1c1ccnc(N(C)C)n1. The van der Waals surface area contributed by atoms with Crippen molar-refractivity contribution in [2.24, 2.45) is 0 Å². The van der Waals surface area contributed by atoms with Gasteiger partial charge in [-0.3, -0.25) is 4.90 Å². The third kappa shape index (κ3) is 3.59. The average molecular weight is 328 g/mol. The molecule has 0 unspecified atom stereocenters. The van der Waals surface area contributed by atoms with Crippen LogP contribution >= 0.6 is 0 Å². The molecule has 24 heavy (non-hydrogen) atoms. The van der Waals surface area contributed by atoms with Crippen molar-refractivity contribution in [3.63, 3.8) is 0 Å². The third-order valence-electron chi connectivity index (χ3n) is 4.67. The van der Waals surface area contributed by atoms with Gasteiger partial charge in [-0.15, -0.1) is 0 Å². The molecule has 1 aliphatic rings. The van der Waals surface area contributed by atoms with Crippen molar-refractivity contribution in [2.75, 3.05) is 25.5 Å². The Hall–Kier alpha value is -1.95. The highest BCUT2D eigenvalue weighted by Crippen LogP contribution is 2.31. The normalized spacial score (nSPS) is 19.0. The zero-order valence-electron chi connectivity index (χ0n) is 15.2. The van der Waals surface area contributed by atoms with Gasteiger partial charge in [-0.05, 0) is 39.3 Å². The molecule has 0 aromatic carbocycles. The van der Waals surface area contributed by atoms with E-state index < -0.39 is 0 Å². The molecule has 0 amide bonds. The first-order valence-corrected chi connectivity index (χ1v) is 8.82. The van der Waals surface area contributed by atoms with E-state index in [2.05, 4.69) is 45.5 Å². The molecule has 6 heteroatoms. The smallest absolute Gasteiger partial charge is 0.225 e. The summed E-state index contributed by atoms with van der Waals surface area (Å²) in [6.07, 6.45) is 9.49. The van der Waals surface area contributed by atoms with Crippen LogP contribution in [0, 0.1) is 0 Å². The van der Waals surface area contributed by atoms with Gasteiger partial charge < -0.3 is 9.47 Å². The summed E-state index contributed by atoms with van der Waals surface area (Å²) in [5.74, 6) is 1.92. The summed E-state index contributed by atoms with van der Waals surface area (Å²) in [6, 6.07) is 2.84. The molecule has 0 bridgehead atoms. The van der Waals surface area contributed by atoms with Crippen LogP contribution in [0.4, 0.5) is 5.95 Å². The molecular weight excluding hydrogens is 300 g/mol. The maximum absolute atomic E-state index is 4.78. The maximum Gasteiger partial charge on any atom is 0.225 e. The lowest BCUT2D eigenvalue weighted by atomic mass is 9.99. The molecule has 2 aromatic rings. The van der Waals surface area contributed by atoms with Crippen LogP contribution < -0.4 is 4.90 Å². The van der Waals surface area contributed by atoms with Crippen molar-refractivity contribution in [2.45, 2.75) is 51.7 Å². The molecule has 0 radical (unpaired) electrons. The lowest BCUT2D eigenvalue weighted by molar-refractivity contribution is 0.131. The Morgan fingerprint density at radius 3 is 2.79 bits per heavy atom. The van der Waals surface area contributed by atoms with Gasteiger partial charge in [0.15, 0.2) is 0 Å². The first-order valence-electron chi connectivity index (χ1n) is 8.82. The molecule has 0 spiro atoms. The van der Waals surface area contributed by atoms with Crippen LogP contribution in [-0.2, 0) is 6.54 Å². The summed E-state index contributed by atoms with van der Waals surface area (Å²) in [4.78, 5) is 18.2. The number of anilines is 1. The predicted molar refractivity (Wildman–Crippen MR) is 96.0 cm³/mol. The van der Waals surface area contributed by atoms with Gasteiger partial charge in [0.05, 0.1) is 18.3 Å². The Bertz CT molecular complexity index is 663. The molecule has 1 aliphatic heterocycles. The second kappa shape index (κ2) is 7.30. The monoisotopic (exact) mass is 328 g/mol. The summed E-state index contributed by atoms with van der Waals surface area (Å²) in [7, 11) is 3.97. The molecule has 0 aliphatic carbocycles. The maximum atomic E-state index is 4.78. The largest absolute Gasteiger partial charge is 0.347 e. The van der Waals surface area contributed by atoms with Crippen molar-refractivity contribution in [1.29, 1.82) is 0 Å². The fourth-order valence-corrected chi connectivity index (χ4v) is 3.40. The zero-order chi connectivity index (χ0) is 17.1. The van der Waals surface area contributed by atoms with Crippen LogP contribution in [0.1, 0.15) is 56.7 Å². The molecule has 3 heterocycles. The van der Waals surface area contributed by atoms with Gasteiger partial charge in [0.2, 0.25) is 5.95 Å². The molecular formula is C18H28N6. The first kappa shape index (κ1) is 16.9. The molecule has 1 atom stereocenters. The van der Waals surface area contributed by atoms with Gasteiger partial charge in [-0.1, -0.05) is 6.42 Å². The number of nitrogens with zero attached hydrogens (tertiary/aromatic N) is 6. The molecule has 0 saturated carbocycles. The number of rotatable bonds is 5. The molecule has 130 valence electrons. The van der Waals surface area contributed by atoms with Gasteiger partial charge in [0, 0.05) is 38.7 Å². The second-order valence-corrected chi connectivity index (χ2v) is 7.00. The average Bonchev–Trinajstić information content (AvgIpc) is 3.04. The van der Waals surface area contributed by atoms with E-state index in [1.54, 1.807) is 0 Å². The van der Waals surface area contributed by atoms with Crippen LogP contribution in [-0.4, -0.2) is 45.1 Å². The highest BCUT2D eigenvalue weighted by molar-refractivity contribution is 5.28. The van der Waals surface area contributed by atoms with Crippen LogP contribution in [0.2, 0.25) is 0 Å². The van der Waals surface area contributed by atoms with E-state index in [1.165, 1.54) is 12.8 Å². The summed E-state index contributed by atoms with van der Waals surface area (Å²) >= 11 is 0. The minimum atomic E-state index is 0.345. The molecule has 6 nitrogen and oxygen atoms in total. The van der Waals surface area contributed by atoms with E-state index in [4.69, 9.17) is 4.98 Å². The van der Waals surface area contributed by atoms with E-state index in [9.17, 15) is 0 Å². The number of aromatic nitrogens is 4. The minimum absolute atomic E-state index is 0.345. The van der Waals surface area contributed by atoms with Crippen molar-refractivity contribution in [3.8, 4) is 0 Å². The Labute approximate surface area is 144 Å². The number of hydrogen-bond acceptors (Lipinski definition) is 5. The lowest BCUT2D eigenvalue weighted by Crippen LogP contribution is -2.34. The molecule has 1 saturated heterocycles. The summed E-state index contributed by atoms with van der Waals surface area (Å²) in [5.41, 5.74) is 1.12. The van der Waals surface area contributed by atoms with Gasteiger partial charge >= 0.3 is 0 Å². The van der Waals surface area contributed by atoms with E-state index in [0.717, 1.165) is 37.0 Å². The van der Waals surface area contributed by atoms with Crippen LogP contribution in [0.15, 0.2) is 24.7 Å². The van der Waals surface area contributed by atoms with Gasteiger partial charge in [-0.2, -0.15) is 0 Å². The number of piperidine rings is 1. The Morgan fingerprint density at radius 2 is 2.04 bits per heavy atom. The third-order valence-corrected chi connectivity index (χ3v) is 4.67. The standard InChI is InChI=1S/C18H28N6/c1-14(2)24-12-10-19-17(24)13-23-11-6-5-7-16(23)15-8-9-20-18(21-15)22(3)4/h8-10,12,14,16H,5-7,11,13H2,1-4H3/t16-/m1/s1. The molecule has 3 rings (SSSR count). The molecule has 1 fully saturated rings. The number of imidazole rings is 1. The van der Waals surface area contributed by atoms with E-state index in [1.807, 2.05) is 31.4 Å². The van der Waals surface area contributed by atoms with Crippen LogP contribution in [0.25, 0.3) is 0 Å². The summed E-state index contributed by atoms with van der Waals surface area (Å²) in [6.45, 7) is 6.37. The van der Waals surface area contributed by atoms with Crippen molar-refractivity contribution in [1.82, 2.24) is 24.4 Å². The van der Waals surface area contributed by atoms with Crippen molar-refractivity contribution < 1.29 is 0 Å². The lowest BCUT2D eigenvalue weighted by Gasteiger charge is -2.35. The highest BCUT2D eigenvalue weighted by Gasteiger charge is 2.27. The van der Waals surface area contributed by atoms with Gasteiger partial charge in [0.25, 0.3) is 0 Å². The topological polar surface area (TPSA) is 50.1 Å². The van der Waals surface area contributed by atoms with Crippen LogP contribution in [0.3, 0.4) is 0 Å². The Kier molecular flexibility index (Phi) is 5.14. The quantitative estimate of drug-likeness (QED) is 0.844.